The first-order valence-corrected chi connectivity index (χ1v) is 7.66. The largest absolute Gasteiger partial charge is 0.355 e. The zero-order valence-corrected chi connectivity index (χ0v) is 13.6. The van der Waals surface area contributed by atoms with Crippen LogP contribution in [0.2, 0.25) is 0 Å². The van der Waals surface area contributed by atoms with E-state index in [-0.39, 0.29) is 5.69 Å². The lowest BCUT2D eigenvalue weighted by Crippen LogP contribution is -2.15. The Morgan fingerprint density at radius 1 is 0.963 bits per heavy atom. The van der Waals surface area contributed by atoms with Gasteiger partial charge in [0, 0.05) is 17.6 Å². The van der Waals surface area contributed by atoms with Crippen LogP contribution in [0.3, 0.4) is 0 Å². The Balaban J connectivity index is 1.77. The number of anilines is 3. The molecule has 1 heterocycles. The zero-order valence-electron chi connectivity index (χ0n) is 13.6. The van der Waals surface area contributed by atoms with Crippen LogP contribution >= 0.6 is 0 Å². The monoisotopic (exact) mass is 368 g/mol. The second-order valence-corrected chi connectivity index (χ2v) is 5.42. The fourth-order valence-electron chi connectivity index (χ4n) is 2.24. The highest BCUT2D eigenvalue weighted by Crippen LogP contribution is 2.21. The fraction of sp³-hybridized carbons (Fsp3) is 0. The van der Waals surface area contributed by atoms with Crippen LogP contribution < -0.4 is 10.6 Å². The number of amides is 1. The Morgan fingerprint density at radius 2 is 1.70 bits per heavy atom. The lowest BCUT2D eigenvalue weighted by molar-refractivity contribution is 0.102. The van der Waals surface area contributed by atoms with Gasteiger partial charge in [-0.1, -0.05) is 0 Å². The molecule has 0 aliphatic carbocycles. The minimum atomic E-state index is -1.67. The van der Waals surface area contributed by atoms with Crippen molar-refractivity contribution >= 4 is 23.0 Å². The third kappa shape index (κ3) is 4.04. The van der Waals surface area contributed by atoms with E-state index < -0.39 is 29.0 Å². The van der Waals surface area contributed by atoms with Crippen molar-refractivity contribution in [2.45, 2.75) is 0 Å². The molecule has 2 N–H and O–H groups in total. The Morgan fingerprint density at radius 3 is 2.41 bits per heavy atom. The number of rotatable bonds is 4. The molecule has 8 heteroatoms. The molecule has 5 nitrogen and oxygen atoms in total. The number of pyridine rings is 1. The van der Waals surface area contributed by atoms with Crippen molar-refractivity contribution in [3.05, 3.63) is 83.4 Å². The summed E-state index contributed by atoms with van der Waals surface area (Å²) in [6.07, 6.45) is 1.36. The summed E-state index contributed by atoms with van der Waals surface area (Å²) >= 11 is 0. The average molecular weight is 368 g/mol. The molecule has 0 bridgehead atoms. The van der Waals surface area contributed by atoms with Gasteiger partial charge in [-0.05, 0) is 48.5 Å². The van der Waals surface area contributed by atoms with Gasteiger partial charge in [0.25, 0.3) is 5.91 Å². The maximum atomic E-state index is 13.7. The van der Waals surface area contributed by atoms with Gasteiger partial charge in [0.2, 0.25) is 0 Å². The SMILES string of the molecule is N#Cc1ccc(Nc2ccnc(C(=O)Nc3ccc(F)c(F)c3F)c2)cc1. The number of hydrogen-bond donors (Lipinski definition) is 2. The second-order valence-electron chi connectivity index (χ2n) is 5.42. The molecule has 3 rings (SSSR count). The van der Waals surface area contributed by atoms with Crippen molar-refractivity contribution in [3.8, 4) is 6.07 Å². The van der Waals surface area contributed by atoms with Crippen LogP contribution in [0.25, 0.3) is 0 Å². The minimum absolute atomic E-state index is 0.0576. The third-order valence-corrected chi connectivity index (χ3v) is 3.58. The number of nitriles is 1. The molecule has 3 aromatic rings. The second kappa shape index (κ2) is 7.58. The molecule has 0 atom stereocenters. The Hall–Kier alpha value is -3.86. The normalized spacial score (nSPS) is 10.1. The number of hydrogen-bond acceptors (Lipinski definition) is 4. The molecule has 0 spiro atoms. The number of halogens is 3. The topological polar surface area (TPSA) is 77.8 Å². The van der Waals surface area contributed by atoms with Crippen molar-refractivity contribution in [2.24, 2.45) is 0 Å². The third-order valence-electron chi connectivity index (χ3n) is 3.58. The number of aromatic nitrogens is 1. The van der Waals surface area contributed by atoms with E-state index in [1.807, 2.05) is 6.07 Å². The maximum absolute atomic E-state index is 13.7. The molecule has 134 valence electrons. The van der Waals surface area contributed by atoms with Crippen LogP contribution in [-0.2, 0) is 0 Å². The van der Waals surface area contributed by atoms with Gasteiger partial charge in [0.05, 0.1) is 17.3 Å². The highest BCUT2D eigenvalue weighted by atomic mass is 19.2. The van der Waals surface area contributed by atoms with Crippen molar-refractivity contribution in [3.63, 3.8) is 0 Å². The smallest absolute Gasteiger partial charge is 0.274 e. The molecule has 0 unspecified atom stereocenters. The fourth-order valence-corrected chi connectivity index (χ4v) is 2.24. The van der Waals surface area contributed by atoms with Gasteiger partial charge in [-0.2, -0.15) is 5.26 Å². The predicted molar refractivity (Wildman–Crippen MR) is 92.9 cm³/mol. The summed E-state index contributed by atoms with van der Waals surface area (Å²) in [5.41, 5.74) is 1.15. The molecule has 0 fully saturated rings. The van der Waals surface area contributed by atoms with Crippen LogP contribution in [0.4, 0.5) is 30.2 Å². The Kier molecular flexibility index (Phi) is 5.04. The predicted octanol–water partition coefficient (Wildman–Crippen LogP) is 4.37. The van der Waals surface area contributed by atoms with Gasteiger partial charge < -0.3 is 10.6 Å². The quantitative estimate of drug-likeness (QED) is 0.671. The summed E-state index contributed by atoms with van der Waals surface area (Å²) in [5.74, 6) is -5.30. The molecule has 0 radical (unpaired) electrons. The minimum Gasteiger partial charge on any atom is -0.355 e. The van der Waals surface area contributed by atoms with Gasteiger partial charge in [-0.3, -0.25) is 9.78 Å². The van der Waals surface area contributed by atoms with Crippen LogP contribution in [0, 0.1) is 28.8 Å². The number of carbonyl (C=O) groups is 1. The van der Waals surface area contributed by atoms with E-state index in [1.165, 1.54) is 12.3 Å². The highest BCUT2D eigenvalue weighted by molar-refractivity contribution is 6.03. The van der Waals surface area contributed by atoms with E-state index in [4.69, 9.17) is 5.26 Å². The molecule has 0 saturated heterocycles. The standard InChI is InChI=1S/C19H11F3N4O/c20-14-5-6-15(18(22)17(14)21)26-19(27)16-9-13(7-8-24-16)25-12-3-1-11(10-23)2-4-12/h1-9H,(H,24,25)(H,26,27). The molecule has 0 aliphatic heterocycles. The average Bonchev–Trinajstić information content (AvgIpc) is 2.69. The summed E-state index contributed by atoms with van der Waals surface area (Å²) < 4.78 is 39.9. The summed E-state index contributed by atoms with van der Waals surface area (Å²) in [5, 5.41) is 14.0. The lowest BCUT2D eigenvalue weighted by atomic mass is 10.2. The first-order chi connectivity index (χ1) is 13.0. The van der Waals surface area contributed by atoms with Crippen molar-refractivity contribution in [2.75, 3.05) is 10.6 Å². The molecule has 0 aliphatic rings. The van der Waals surface area contributed by atoms with E-state index in [0.717, 1.165) is 6.07 Å². The van der Waals surface area contributed by atoms with Gasteiger partial charge >= 0.3 is 0 Å². The first kappa shape index (κ1) is 17.9. The summed E-state index contributed by atoms with van der Waals surface area (Å²) in [6.45, 7) is 0. The van der Waals surface area contributed by atoms with Gasteiger partial charge in [-0.15, -0.1) is 0 Å². The van der Waals surface area contributed by atoms with E-state index in [9.17, 15) is 18.0 Å². The van der Waals surface area contributed by atoms with Crippen LogP contribution in [0.5, 0.6) is 0 Å². The van der Waals surface area contributed by atoms with Crippen LogP contribution in [0.15, 0.2) is 54.7 Å². The van der Waals surface area contributed by atoms with E-state index in [0.29, 0.717) is 23.0 Å². The Labute approximate surface area is 152 Å². The summed E-state index contributed by atoms with van der Waals surface area (Å²) in [4.78, 5) is 16.1. The number of carbonyl (C=O) groups excluding carboxylic acids is 1. The van der Waals surface area contributed by atoms with Crippen molar-refractivity contribution in [1.82, 2.24) is 4.98 Å². The zero-order chi connectivity index (χ0) is 19.4. The molecular weight excluding hydrogens is 357 g/mol. The van der Waals surface area contributed by atoms with Crippen molar-refractivity contribution in [1.29, 1.82) is 5.26 Å². The van der Waals surface area contributed by atoms with Gasteiger partial charge in [0.1, 0.15) is 5.69 Å². The molecular formula is C19H11F3N4O. The van der Waals surface area contributed by atoms with Crippen LogP contribution in [-0.4, -0.2) is 10.9 Å². The van der Waals surface area contributed by atoms with Gasteiger partial charge in [0.15, 0.2) is 17.5 Å². The maximum Gasteiger partial charge on any atom is 0.274 e. The summed E-state index contributed by atoms with van der Waals surface area (Å²) in [7, 11) is 0. The summed E-state index contributed by atoms with van der Waals surface area (Å²) in [6, 6.07) is 13.3. The number of nitrogens with one attached hydrogen (secondary N) is 2. The van der Waals surface area contributed by atoms with E-state index >= 15 is 0 Å². The van der Waals surface area contributed by atoms with Crippen molar-refractivity contribution < 1.29 is 18.0 Å². The van der Waals surface area contributed by atoms with E-state index in [1.54, 1.807) is 30.3 Å². The number of benzene rings is 2. The Bertz CT molecular complexity index is 1050. The number of nitrogens with zero attached hydrogens (tertiary/aromatic N) is 2. The molecule has 1 aromatic heterocycles. The molecule has 0 saturated carbocycles. The van der Waals surface area contributed by atoms with Gasteiger partial charge in [-0.25, -0.2) is 13.2 Å². The first-order valence-electron chi connectivity index (χ1n) is 7.66. The molecule has 1 amide bonds. The lowest BCUT2D eigenvalue weighted by Gasteiger charge is -2.09. The molecule has 2 aromatic carbocycles. The highest BCUT2D eigenvalue weighted by Gasteiger charge is 2.16. The van der Waals surface area contributed by atoms with E-state index in [2.05, 4.69) is 15.6 Å². The van der Waals surface area contributed by atoms with Crippen LogP contribution in [0.1, 0.15) is 16.1 Å². The molecule has 27 heavy (non-hydrogen) atoms.